The summed E-state index contributed by atoms with van der Waals surface area (Å²) < 4.78 is 13.4. The summed E-state index contributed by atoms with van der Waals surface area (Å²) in [5, 5.41) is 8.98. The number of hydrogen-bond acceptors (Lipinski definition) is 3. The molecule has 0 radical (unpaired) electrons. The highest BCUT2D eigenvalue weighted by Gasteiger charge is 2.43. The van der Waals surface area contributed by atoms with Crippen LogP contribution in [0.5, 0.6) is 0 Å². The van der Waals surface area contributed by atoms with Crippen LogP contribution in [0.1, 0.15) is 50.6 Å². The molecule has 4 nitrogen and oxygen atoms in total. The molecule has 114 valence electrons. The largest absolute Gasteiger partial charge is 0.481 e. The fourth-order valence-corrected chi connectivity index (χ4v) is 4.20. The zero-order valence-electron chi connectivity index (χ0n) is 12.2. The standard InChI is InChI=1S/C16H21FN2O2/c1-10(12-7-13(17)9-18-8-12)19-14-2-3-15(19)5-11(4-14)6-16(20)21/h7-11,14-15H,2-6H2,1H3,(H,20,21). The van der Waals surface area contributed by atoms with Crippen LogP contribution >= 0.6 is 0 Å². The van der Waals surface area contributed by atoms with E-state index in [0.29, 0.717) is 12.1 Å². The topological polar surface area (TPSA) is 53.4 Å². The smallest absolute Gasteiger partial charge is 0.303 e. The molecule has 2 saturated heterocycles. The molecular weight excluding hydrogens is 271 g/mol. The van der Waals surface area contributed by atoms with Crippen molar-refractivity contribution in [2.45, 2.75) is 57.2 Å². The molecule has 0 aromatic carbocycles. The van der Waals surface area contributed by atoms with Crippen LogP contribution in [0, 0.1) is 11.7 Å². The van der Waals surface area contributed by atoms with E-state index >= 15 is 0 Å². The lowest BCUT2D eigenvalue weighted by atomic mass is 9.86. The van der Waals surface area contributed by atoms with Crippen molar-refractivity contribution in [2.24, 2.45) is 5.92 Å². The molecule has 3 atom stereocenters. The first-order chi connectivity index (χ1) is 10.0. The monoisotopic (exact) mass is 292 g/mol. The third-order valence-corrected chi connectivity index (χ3v) is 5.01. The molecule has 0 aliphatic carbocycles. The van der Waals surface area contributed by atoms with Gasteiger partial charge in [0.2, 0.25) is 0 Å². The Hall–Kier alpha value is -1.49. The van der Waals surface area contributed by atoms with E-state index in [0.717, 1.165) is 31.2 Å². The van der Waals surface area contributed by atoms with E-state index in [1.54, 1.807) is 12.3 Å². The molecule has 2 fully saturated rings. The van der Waals surface area contributed by atoms with Gasteiger partial charge in [0.25, 0.3) is 0 Å². The lowest BCUT2D eigenvalue weighted by Crippen LogP contribution is -2.44. The SMILES string of the molecule is CC(c1cncc(F)c1)N1C2CCC1CC(CC(=O)O)C2. The molecule has 3 heterocycles. The summed E-state index contributed by atoms with van der Waals surface area (Å²) in [7, 11) is 0. The van der Waals surface area contributed by atoms with Gasteiger partial charge in [-0.25, -0.2) is 4.39 Å². The van der Waals surface area contributed by atoms with Crippen molar-refractivity contribution in [2.75, 3.05) is 0 Å². The summed E-state index contributed by atoms with van der Waals surface area (Å²) >= 11 is 0. The van der Waals surface area contributed by atoms with Crippen molar-refractivity contribution in [3.05, 3.63) is 29.8 Å². The van der Waals surface area contributed by atoms with Crippen molar-refractivity contribution in [3.63, 3.8) is 0 Å². The Labute approximate surface area is 124 Å². The highest BCUT2D eigenvalue weighted by atomic mass is 19.1. The Kier molecular flexibility index (Phi) is 3.93. The number of aliphatic carboxylic acids is 1. The van der Waals surface area contributed by atoms with E-state index < -0.39 is 5.97 Å². The normalized spacial score (nSPS) is 30.3. The molecule has 0 spiro atoms. The maximum atomic E-state index is 13.4. The highest BCUT2D eigenvalue weighted by molar-refractivity contribution is 5.67. The first-order valence-corrected chi connectivity index (χ1v) is 7.64. The van der Waals surface area contributed by atoms with Crippen LogP contribution in [0.4, 0.5) is 4.39 Å². The molecule has 1 N–H and O–H groups in total. The van der Waals surface area contributed by atoms with Gasteiger partial charge in [-0.15, -0.1) is 0 Å². The Balaban J connectivity index is 1.74. The predicted octanol–water partition coefficient (Wildman–Crippen LogP) is 3.00. The summed E-state index contributed by atoms with van der Waals surface area (Å²) in [5.74, 6) is -0.711. The van der Waals surface area contributed by atoms with Crippen LogP contribution in [0.25, 0.3) is 0 Å². The summed E-state index contributed by atoms with van der Waals surface area (Å²) in [5.41, 5.74) is 0.906. The molecule has 0 saturated carbocycles. The molecule has 1 aromatic heterocycles. The number of halogens is 1. The number of carboxylic acid groups (broad SMARTS) is 1. The molecule has 3 rings (SSSR count). The minimum atomic E-state index is -0.699. The number of carbonyl (C=O) groups is 1. The summed E-state index contributed by atoms with van der Waals surface area (Å²) in [6.45, 7) is 2.10. The minimum Gasteiger partial charge on any atom is -0.481 e. The van der Waals surface area contributed by atoms with Crippen LogP contribution in [0.15, 0.2) is 18.5 Å². The molecule has 21 heavy (non-hydrogen) atoms. The van der Waals surface area contributed by atoms with Gasteiger partial charge in [0, 0.05) is 30.7 Å². The van der Waals surface area contributed by atoms with E-state index in [-0.39, 0.29) is 24.2 Å². The average Bonchev–Trinajstić information content (AvgIpc) is 2.69. The molecule has 5 heteroatoms. The van der Waals surface area contributed by atoms with Gasteiger partial charge in [-0.05, 0) is 50.2 Å². The summed E-state index contributed by atoms with van der Waals surface area (Å²) in [4.78, 5) is 17.3. The van der Waals surface area contributed by atoms with Crippen LogP contribution in [0.3, 0.4) is 0 Å². The van der Waals surface area contributed by atoms with Gasteiger partial charge in [0.15, 0.2) is 0 Å². The van der Waals surface area contributed by atoms with Gasteiger partial charge in [-0.3, -0.25) is 14.7 Å². The summed E-state index contributed by atoms with van der Waals surface area (Å²) in [6.07, 6.45) is 7.35. The fourth-order valence-electron chi connectivity index (χ4n) is 4.20. The van der Waals surface area contributed by atoms with Gasteiger partial charge in [0.05, 0.1) is 6.20 Å². The first-order valence-electron chi connectivity index (χ1n) is 7.64. The molecular formula is C16H21FN2O2. The zero-order chi connectivity index (χ0) is 15.0. The van der Waals surface area contributed by atoms with Crippen LogP contribution in [-0.4, -0.2) is 33.0 Å². The second kappa shape index (κ2) is 5.72. The highest BCUT2D eigenvalue weighted by Crippen LogP contribution is 2.44. The van der Waals surface area contributed by atoms with E-state index in [2.05, 4.69) is 16.8 Å². The molecule has 2 bridgehead atoms. The van der Waals surface area contributed by atoms with Crippen molar-refractivity contribution >= 4 is 5.97 Å². The Morgan fingerprint density at radius 1 is 1.43 bits per heavy atom. The number of aromatic nitrogens is 1. The van der Waals surface area contributed by atoms with E-state index in [9.17, 15) is 9.18 Å². The molecule has 0 amide bonds. The number of rotatable bonds is 4. The first kappa shape index (κ1) is 14.4. The molecule has 3 unspecified atom stereocenters. The maximum absolute atomic E-state index is 13.4. The van der Waals surface area contributed by atoms with E-state index in [1.807, 2.05) is 0 Å². The minimum absolute atomic E-state index is 0.136. The summed E-state index contributed by atoms with van der Waals surface area (Å²) in [6, 6.07) is 2.54. The van der Waals surface area contributed by atoms with E-state index in [1.165, 1.54) is 6.20 Å². The number of piperidine rings is 1. The number of fused-ring (bicyclic) bond motifs is 2. The maximum Gasteiger partial charge on any atom is 0.303 e. The lowest BCUT2D eigenvalue weighted by molar-refractivity contribution is -0.138. The second-order valence-corrected chi connectivity index (χ2v) is 6.38. The van der Waals surface area contributed by atoms with Gasteiger partial charge < -0.3 is 5.11 Å². The predicted molar refractivity (Wildman–Crippen MR) is 76.2 cm³/mol. The number of nitrogens with zero attached hydrogens (tertiary/aromatic N) is 2. The van der Waals surface area contributed by atoms with Crippen molar-refractivity contribution < 1.29 is 14.3 Å². The quantitative estimate of drug-likeness (QED) is 0.927. The number of hydrogen-bond donors (Lipinski definition) is 1. The third kappa shape index (κ3) is 2.93. The average molecular weight is 292 g/mol. The van der Waals surface area contributed by atoms with Crippen molar-refractivity contribution in [1.82, 2.24) is 9.88 Å². The van der Waals surface area contributed by atoms with Crippen molar-refractivity contribution in [1.29, 1.82) is 0 Å². The van der Waals surface area contributed by atoms with Crippen LogP contribution < -0.4 is 0 Å². The Morgan fingerprint density at radius 3 is 2.67 bits per heavy atom. The van der Waals surface area contributed by atoms with Crippen LogP contribution in [0.2, 0.25) is 0 Å². The molecule has 1 aromatic rings. The Bertz CT molecular complexity index is 523. The van der Waals surface area contributed by atoms with Crippen LogP contribution in [-0.2, 0) is 4.79 Å². The van der Waals surface area contributed by atoms with Gasteiger partial charge in [-0.1, -0.05) is 0 Å². The second-order valence-electron chi connectivity index (χ2n) is 6.38. The van der Waals surface area contributed by atoms with E-state index in [4.69, 9.17) is 5.11 Å². The lowest BCUT2D eigenvalue weighted by Gasteiger charge is -2.42. The van der Waals surface area contributed by atoms with Gasteiger partial charge in [0.1, 0.15) is 5.82 Å². The molecule has 2 aliphatic rings. The fraction of sp³-hybridized carbons (Fsp3) is 0.625. The van der Waals surface area contributed by atoms with Crippen molar-refractivity contribution in [3.8, 4) is 0 Å². The van der Waals surface area contributed by atoms with Gasteiger partial charge in [-0.2, -0.15) is 0 Å². The third-order valence-electron chi connectivity index (χ3n) is 5.01. The number of pyridine rings is 1. The zero-order valence-corrected chi connectivity index (χ0v) is 12.2. The van der Waals surface area contributed by atoms with Gasteiger partial charge >= 0.3 is 5.97 Å². The molecule has 2 aliphatic heterocycles. The Morgan fingerprint density at radius 2 is 2.10 bits per heavy atom. The number of carboxylic acids is 1.